The van der Waals surface area contributed by atoms with Crippen LogP contribution in [0.4, 0.5) is 0 Å². The van der Waals surface area contributed by atoms with Crippen molar-refractivity contribution in [3.05, 3.63) is 58.1 Å². The van der Waals surface area contributed by atoms with Gasteiger partial charge in [-0.2, -0.15) is 5.26 Å². The van der Waals surface area contributed by atoms with Gasteiger partial charge in [0.1, 0.15) is 11.5 Å². The third kappa shape index (κ3) is 4.12. The van der Waals surface area contributed by atoms with E-state index in [0.717, 1.165) is 0 Å². The Morgan fingerprint density at radius 1 is 0.828 bits per heavy atom. The molecule has 0 spiro atoms. The molecule has 0 saturated carbocycles. The lowest BCUT2D eigenvalue weighted by atomic mass is 9.67. The van der Waals surface area contributed by atoms with Crippen LogP contribution in [0.1, 0.15) is 70.4 Å². The van der Waals surface area contributed by atoms with Crippen LogP contribution >= 0.6 is 0 Å². The number of allylic oxidation sites excluding steroid dienone is 4. The Morgan fingerprint density at radius 3 is 1.59 bits per heavy atom. The van der Waals surface area contributed by atoms with Gasteiger partial charge in [-0.25, -0.2) is 0 Å². The van der Waals surface area contributed by atoms with Crippen molar-refractivity contribution in [1.82, 2.24) is 0 Å². The highest BCUT2D eigenvalue weighted by Crippen LogP contribution is 2.47. The molecule has 152 valence electrons. The van der Waals surface area contributed by atoms with E-state index in [4.69, 9.17) is 5.26 Å². The zero-order chi connectivity index (χ0) is 21.6. The molecule has 2 aliphatic rings. The van der Waals surface area contributed by atoms with Crippen LogP contribution in [0.5, 0.6) is 0 Å². The highest BCUT2D eigenvalue weighted by molar-refractivity contribution is 6.05. The molecular formula is C24H27NO4. The van der Waals surface area contributed by atoms with E-state index in [2.05, 4.69) is 6.07 Å². The van der Waals surface area contributed by atoms with Crippen molar-refractivity contribution >= 4 is 11.6 Å². The lowest BCUT2D eigenvalue weighted by Crippen LogP contribution is -2.33. The Bertz CT molecular complexity index is 919. The van der Waals surface area contributed by atoms with Gasteiger partial charge in [0.2, 0.25) is 0 Å². The van der Waals surface area contributed by atoms with E-state index in [9.17, 15) is 19.8 Å². The SMILES string of the molecule is CC1(C)CC(=O)C(C(C2=C(O)CC(C)(C)CC2=O)c2ccc(C#N)cc2)=C(O)C1. The number of aliphatic hydroxyl groups excluding tert-OH is 2. The standard InChI is InChI=1S/C24H27NO4/c1-23(2)9-16(26)21(17(27)10-23)20(15-7-5-14(13-25)6-8-15)22-18(28)11-24(3,4)12-19(22)29/h5-8,20,26,28H,9-12H2,1-4H3. The number of rotatable bonds is 3. The molecule has 0 saturated heterocycles. The number of hydrogen-bond donors (Lipinski definition) is 2. The van der Waals surface area contributed by atoms with Gasteiger partial charge >= 0.3 is 0 Å². The molecule has 3 rings (SSSR count). The lowest BCUT2D eigenvalue weighted by molar-refractivity contribution is -0.119. The maximum atomic E-state index is 13.1. The summed E-state index contributed by atoms with van der Waals surface area (Å²) in [5.41, 5.74) is 0.695. The van der Waals surface area contributed by atoms with Crippen molar-refractivity contribution in [2.24, 2.45) is 10.8 Å². The van der Waals surface area contributed by atoms with Crippen molar-refractivity contribution < 1.29 is 19.8 Å². The largest absolute Gasteiger partial charge is 0.512 e. The van der Waals surface area contributed by atoms with Gasteiger partial charge in [0.05, 0.1) is 11.6 Å². The number of carbonyl (C=O) groups excluding carboxylic acids is 2. The fraction of sp³-hybridized carbons (Fsp3) is 0.458. The Labute approximate surface area is 171 Å². The van der Waals surface area contributed by atoms with Gasteiger partial charge in [-0.05, 0) is 28.5 Å². The summed E-state index contributed by atoms with van der Waals surface area (Å²) in [5, 5.41) is 30.7. The molecule has 2 N–H and O–H groups in total. The average molecular weight is 393 g/mol. The molecule has 0 unspecified atom stereocenters. The molecule has 0 atom stereocenters. The van der Waals surface area contributed by atoms with Gasteiger partial charge in [0.25, 0.3) is 0 Å². The molecule has 0 heterocycles. The Balaban J connectivity index is 2.22. The van der Waals surface area contributed by atoms with Crippen LogP contribution in [0, 0.1) is 22.2 Å². The van der Waals surface area contributed by atoms with Crippen LogP contribution in [-0.2, 0) is 9.59 Å². The maximum absolute atomic E-state index is 13.1. The Kier molecular flexibility index (Phi) is 5.17. The van der Waals surface area contributed by atoms with Crippen LogP contribution in [0.2, 0.25) is 0 Å². The van der Waals surface area contributed by atoms with Gasteiger partial charge in [0, 0.05) is 42.7 Å². The number of aliphatic hydroxyl groups is 2. The highest BCUT2D eigenvalue weighted by Gasteiger charge is 2.43. The average Bonchev–Trinajstić information content (AvgIpc) is 2.57. The van der Waals surface area contributed by atoms with Gasteiger partial charge in [-0.15, -0.1) is 0 Å². The lowest BCUT2D eigenvalue weighted by Gasteiger charge is -2.36. The monoisotopic (exact) mass is 393 g/mol. The van der Waals surface area contributed by atoms with Crippen LogP contribution in [0.15, 0.2) is 46.9 Å². The summed E-state index contributed by atoms with van der Waals surface area (Å²) in [4.78, 5) is 26.1. The minimum Gasteiger partial charge on any atom is -0.512 e. The van der Waals surface area contributed by atoms with E-state index in [0.29, 0.717) is 24.0 Å². The molecule has 5 nitrogen and oxygen atoms in total. The summed E-state index contributed by atoms with van der Waals surface area (Å²) in [7, 11) is 0. The number of Topliss-reactive ketones (excluding diaryl/α,β-unsaturated/α-hetero) is 2. The summed E-state index contributed by atoms with van der Waals surface area (Å²) < 4.78 is 0. The van der Waals surface area contributed by atoms with Crippen molar-refractivity contribution in [3.8, 4) is 6.07 Å². The second kappa shape index (κ2) is 7.18. The van der Waals surface area contributed by atoms with Gasteiger partial charge in [-0.3, -0.25) is 9.59 Å². The summed E-state index contributed by atoms with van der Waals surface area (Å²) >= 11 is 0. The number of hydrogen-bond acceptors (Lipinski definition) is 5. The fourth-order valence-corrected chi connectivity index (χ4v) is 4.49. The van der Waals surface area contributed by atoms with Gasteiger partial charge in [0.15, 0.2) is 11.6 Å². The zero-order valence-electron chi connectivity index (χ0n) is 17.4. The third-order valence-electron chi connectivity index (χ3n) is 5.74. The minimum absolute atomic E-state index is 0.0291. The van der Waals surface area contributed by atoms with Crippen LogP contribution in [-0.4, -0.2) is 21.8 Å². The first-order valence-electron chi connectivity index (χ1n) is 9.84. The van der Waals surface area contributed by atoms with E-state index < -0.39 is 5.92 Å². The predicted octanol–water partition coefficient (Wildman–Crippen LogP) is 5.04. The summed E-state index contributed by atoms with van der Waals surface area (Å²) in [6.45, 7) is 7.67. The highest BCUT2D eigenvalue weighted by atomic mass is 16.3. The van der Waals surface area contributed by atoms with E-state index in [1.807, 2.05) is 27.7 Å². The van der Waals surface area contributed by atoms with Gasteiger partial charge in [-0.1, -0.05) is 39.8 Å². The molecular weight excluding hydrogens is 366 g/mol. The van der Waals surface area contributed by atoms with Crippen molar-refractivity contribution in [3.63, 3.8) is 0 Å². The molecule has 0 amide bonds. The molecule has 29 heavy (non-hydrogen) atoms. The molecule has 2 aliphatic carbocycles. The molecule has 0 fully saturated rings. The first kappa shape index (κ1) is 20.9. The molecule has 0 aliphatic heterocycles. The maximum Gasteiger partial charge on any atom is 0.163 e. The van der Waals surface area contributed by atoms with Gasteiger partial charge < -0.3 is 10.2 Å². The molecule has 0 bridgehead atoms. The molecule has 1 aromatic rings. The molecule has 1 aromatic carbocycles. The molecule has 0 radical (unpaired) electrons. The predicted molar refractivity (Wildman–Crippen MR) is 109 cm³/mol. The zero-order valence-corrected chi connectivity index (χ0v) is 17.4. The smallest absolute Gasteiger partial charge is 0.163 e. The number of carbonyl (C=O) groups is 2. The van der Waals surface area contributed by atoms with Crippen molar-refractivity contribution in [2.45, 2.75) is 59.3 Å². The Hall–Kier alpha value is -2.87. The quantitative estimate of drug-likeness (QED) is 0.749. The van der Waals surface area contributed by atoms with E-state index in [-0.39, 0.29) is 57.9 Å². The van der Waals surface area contributed by atoms with E-state index in [1.54, 1.807) is 24.3 Å². The number of nitriles is 1. The first-order chi connectivity index (χ1) is 13.4. The minimum atomic E-state index is -0.838. The summed E-state index contributed by atoms with van der Waals surface area (Å²) in [6.07, 6.45) is 1.17. The van der Waals surface area contributed by atoms with Crippen LogP contribution in [0.3, 0.4) is 0 Å². The third-order valence-corrected chi connectivity index (χ3v) is 5.74. The number of ketones is 2. The van der Waals surface area contributed by atoms with Crippen molar-refractivity contribution in [1.29, 1.82) is 5.26 Å². The molecule has 5 heteroatoms. The molecule has 0 aromatic heterocycles. The van der Waals surface area contributed by atoms with Crippen LogP contribution in [0.25, 0.3) is 0 Å². The number of nitrogens with zero attached hydrogens (tertiary/aromatic N) is 1. The normalized spacial score (nSPS) is 21.5. The van der Waals surface area contributed by atoms with Crippen LogP contribution < -0.4 is 0 Å². The second-order valence-corrected chi connectivity index (χ2v) is 9.77. The number of benzene rings is 1. The fourth-order valence-electron chi connectivity index (χ4n) is 4.49. The van der Waals surface area contributed by atoms with E-state index >= 15 is 0 Å². The second-order valence-electron chi connectivity index (χ2n) is 9.77. The van der Waals surface area contributed by atoms with Crippen molar-refractivity contribution in [2.75, 3.05) is 0 Å². The summed E-state index contributed by atoms with van der Waals surface area (Å²) in [6, 6.07) is 8.66. The van der Waals surface area contributed by atoms with E-state index in [1.165, 1.54) is 0 Å². The first-order valence-corrected chi connectivity index (χ1v) is 9.84. The topological polar surface area (TPSA) is 98.4 Å². The Morgan fingerprint density at radius 2 is 1.24 bits per heavy atom. The summed E-state index contributed by atoms with van der Waals surface area (Å²) in [5.74, 6) is -1.33.